The number of hydrogen-bond donors (Lipinski definition) is 2. The number of aromatic nitrogens is 3. The van der Waals surface area contributed by atoms with E-state index in [0.29, 0.717) is 18.5 Å². The van der Waals surface area contributed by atoms with Crippen molar-refractivity contribution in [2.75, 3.05) is 44.4 Å². The number of likely N-dealkylation sites (N-methyl/N-ethyl adjacent to an activating group) is 1. The van der Waals surface area contributed by atoms with Crippen molar-refractivity contribution in [3.63, 3.8) is 0 Å². The van der Waals surface area contributed by atoms with Crippen molar-refractivity contribution in [3.8, 4) is 6.01 Å². The van der Waals surface area contributed by atoms with E-state index in [0.717, 1.165) is 19.4 Å². The second kappa shape index (κ2) is 8.93. The van der Waals surface area contributed by atoms with Crippen LogP contribution in [0.3, 0.4) is 0 Å². The fraction of sp³-hybridized carbons (Fsp3) is 0.692. The summed E-state index contributed by atoms with van der Waals surface area (Å²) in [5.74, 6) is 0.706. The zero-order valence-corrected chi connectivity index (χ0v) is 13.1. The Morgan fingerprint density at radius 3 is 2.33 bits per heavy atom. The summed E-state index contributed by atoms with van der Waals surface area (Å²) in [4.78, 5) is 25.6. The van der Waals surface area contributed by atoms with E-state index in [4.69, 9.17) is 4.74 Å². The number of ether oxygens (including phenoxy) is 1. The van der Waals surface area contributed by atoms with E-state index in [2.05, 4.69) is 32.5 Å². The fourth-order valence-electron chi connectivity index (χ4n) is 1.32. The molecule has 0 aliphatic carbocycles. The lowest BCUT2D eigenvalue weighted by atomic mass is 10.5. The molecule has 0 spiro atoms. The monoisotopic (exact) mass is 296 g/mol. The Labute approximate surface area is 125 Å². The van der Waals surface area contributed by atoms with Crippen LogP contribution in [0.1, 0.15) is 26.7 Å². The minimum absolute atomic E-state index is 0.0606. The Balaban J connectivity index is 2.77. The number of amides is 1. The number of anilines is 2. The summed E-state index contributed by atoms with van der Waals surface area (Å²) in [5.41, 5.74) is 0. The molecule has 0 aromatic carbocycles. The van der Waals surface area contributed by atoms with Gasteiger partial charge in [0.2, 0.25) is 17.8 Å². The number of carbonyl (C=O) groups excluding carboxylic acids is 1. The van der Waals surface area contributed by atoms with Crippen molar-refractivity contribution < 1.29 is 9.53 Å². The van der Waals surface area contributed by atoms with Crippen LogP contribution in [0, 0.1) is 0 Å². The fourth-order valence-corrected chi connectivity index (χ4v) is 1.32. The molecular formula is C13H24N6O2. The van der Waals surface area contributed by atoms with Crippen LogP contribution >= 0.6 is 0 Å². The molecule has 0 fully saturated rings. The van der Waals surface area contributed by atoms with Crippen LogP contribution in [0.5, 0.6) is 6.01 Å². The van der Waals surface area contributed by atoms with Crippen LogP contribution in [0.15, 0.2) is 0 Å². The lowest BCUT2D eigenvalue weighted by Crippen LogP contribution is -2.29. The molecule has 1 rings (SSSR count). The highest BCUT2D eigenvalue weighted by molar-refractivity contribution is 5.79. The van der Waals surface area contributed by atoms with Gasteiger partial charge in [-0.25, -0.2) is 0 Å². The Kier molecular flexibility index (Phi) is 7.20. The third-order valence-corrected chi connectivity index (χ3v) is 2.48. The lowest BCUT2D eigenvalue weighted by Gasteiger charge is -2.12. The number of hydrogen-bond acceptors (Lipinski definition) is 7. The van der Waals surface area contributed by atoms with Gasteiger partial charge < -0.3 is 20.3 Å². The minimum atomic E-state index is -0.0606. The van der Waals surface area contributed by atoms with Crippen LogP contribution in [-0.4, -0.2) is 59.6 Å². The summed E-state index contributed by atoms with van der Waals surface area (Å²) in [7, 11) is 3.39. The Hall–Kier alpha value is -2.12. The van der Waals surface area contributed by atoms with Crippen LogP contribution < -0.4 is 15.4 Å². The van der Waals surface area contributed by atoms with Crippen molar-refractivity contribution >= 4 is 17.8 Å². The molecule has 0 aliphatic heterocycles. The van der Waals surface area contributed by atoms with E-state index >= 15 is 0 Å². The van der Waals surface area contributed by atoms with Crippen molar-refractivity contribution in [2.24, 2.45) is 0 Å². The number of nitrogens with one attached hydrogen (secondary N) is 2. The van der Waals surface area contributed by atoms with Gasteiger partial charge in [0.15, 0.2) is 0 Å². The van der Waals surface area contributed by atoms with E-state index in [1.807, 2.05) is 6.92 Å². The summed E-state index contributed by atoms with van der Waals surface area (Å²) in [6.07, 6.45) is 1.82. The van der Waals surface area contributed by atoms with Gasteiger partial charge in [0.05, 0.1) is 13.2 Å². The molecule has 0 unspecified atom stereocenters. The van der Waals surface area contributed by atoms with Crippen LogP contribution in [0.25, 0.3) is 0 Å². The highest BCUT2D eigenvalue weighted by Crippen LogP contribution is 2.11. The van der Waals surface area contributed by atoms with Crippen molar-refractivity contribution in [3.05, 3.63) is 0 Å². The molecule has 0 bridgehead atoms. The summed E-state index contributed by atoms with van der Waals surface area (Å²) in [6, 6.07) is 0.255. The summed E-state index contributed by atoms with van der Waals surface area (Å²) in [6.45, 7) is 5.47. The Bertz CT molecular complexity index is 426. The third-order valence-electron chi connectivity index (χ3n) is 2.48. The summed E-state index contributed by atoms with van der Waals surface area (Å²) < 4.78 is 5.43. The van der Waals surface area contributed by atoms with E-state index in [1.165, 1.54) is 4.90 Å². The molecule has 1 aromatic rings. The van der Waals surface area contributed by atoms with Gasteiger partial charge in [0.1, 0.15) is 0 Å². The first kappa shape index (κ1) is 16.9. The predicted molar refractivity (Wildman–Crippen MR) is 81.6 cm³/mol. The van der Waals surface area contributed by atoms with Gasteiger partial charge in [-0.05, 0) is 12.8 Å². The SMILES string of the molecule is CCCNc1nc(NCC(=O)N(C)C)nc(OCCC)n1. The number of nitrogens with zero attached hydrogens (tertiary/aromatic N) is 4. The maximum Gasteiger partial charge on any atom is 0.323 e. The maximum atomic E-state index is 11.6. The van der Waals surface area contributed by atoms with Crippen LogP contribution in [0.4, 0.5) is 11.9 Å². The molecule has 0 saturated carbocycles. The summed E-state index contributed by atoms with van der Waals surface area (Å²) in [5, 5.41) is 5.97. The molecule has 1 aromatic heterocycles. The molecule has 0 aliphatic rings. The average Bonchev–Trinajstić information content (AvgIpc) is 2.48. The number of carbonyl (C=O) groups is 1. The van der Waals surface area contributed by atoms with E-state index in [9.17, 15) is 4.79 Å². The first-order chi connectivity index (χ1) is 10.1. The van der Waals surface area contributed by atoms with Gasteiger partial charge in [-0.1, -0.05) is 13.8 Å². The zero-order chi connectivity index (χ0) is 15.7. The largest absolute Gasteiger partial charge is 0.463 e. The average molecular weight is 296 g/mol. The standard InChI is InChI=1S/C13H24N6O2/c1-5-7-14-11-16-12(15-9-10(20)19(3)4)18-13(17-11)21-8-6-2/h5-9H2,1-4H3,(H2,14,15,16,17,18). The highest BCUT2D eigenvalue weighted by atomic mass is 16.5. The first-order valence-corrected chi connectivity index (χ1v) is 7.13. The summed E-state index contributed by atoms with van der Waals surface area (Å²) >= 11 is 0. The van der Waals surface area contributed by atoms with Gasteiger partial charge in [-0.3, -0.25) is 4.79 Å². The van der Waals surface area contributed by atoms with Crippen LogP contribution in [0.2, 0.25) is 0 Å². The quantitative estimate of drug-likeness (QED) is 0.701. The van der Waals surface area contributed by atoms with Crippen molar-refractivity contribution in [2.45, 2.75) is 26.7 Å². The van der Waals surface area contributed by atoms with Crippen molar-refractivity contribution in [1.82, 2.24) is 19.9 Å². The second-order valence-electron chi connectivity index (χ2n) is 4.68. The van der Waals surface area contributed by atoms with E-state index in [-0.39, 0.29) is 18.5 Å². The van der Waals surface area contributed by atoms with E-state index < -0.39 is 0 Å². The van der Waals surface area contributed by atoms with Crippen LogP contribution in [-0.2, 0) is 4.79 Å². The molecule has 8 nitrogen and oxygen atoms in total. The van der Waals surface area contributed by atoms with Gasteiger partial charge >= 0.3 is 6.01 Å². The Morgan fingerprint density at radius 1 is 1.10 bits per heavy atom. The molecule has 2 N–H and O–H groups in total. The molecular weight excluding hydrogens is 272 g/mol. The van der Waals surface area contributed by atoms with Gasteiger partial charge in [-0.15, -0.1) is 0 Å². The highest BCUT2D eigenvalue weighted by Gasteiger charge is 2.09. The predicted octanol–water partition coefficient (Wildman–Crippen LogP) is 0.982. The van der Waals surface area contributed by atoms with Gasteiger partial charge in [0, 0.05) is 20.6 Å². The molecule has 1 heterocycles. The molecule has 0 radical (unpaired) electrons. The lowest BCUT2D eigenvalue weighted by molar-refractivity contribution is -0.126. The minimum Gasteiger partial charge on any atom is -0.463 e. The molecule has 0 saturated heterocycles. The molecule has 8 heteroatoms. The third kappa shape index (κ3) is 6.24. The molecule has 118 valence electrons. The first-order valence-electron chi connectivity index (χ1n) is 7.13. The van der Waals surface area contributed by atoms with Gasteiger partial charge in [-0.2, -0.15) is 15.0 Å². The molecule has 1 amide bonds. The number of rotatable bonds is 9. The smallest absolute Gasteiger partial charge is 0.323 e. The molecule has 21 heavy (non-hydrogen) atoms. The second-order valence-corrected chi connectivity index (χ2v) is 4.68. The topological polar surface area (TPSA) is 92.3 Å². The maximum absolute atomic E-state index is 11.6. The van der Waals surface area contributed by atoms with Crippen molar-refractivity contribution in [1.29, 1.82) is 0 Å². The zero-order valence-electron chi connectivity index (χ0n) is 13.1. The normalized spacial score (nSPS) is 10.1. The Morgan fingerprint density at radius 2 is 1.76 bits per heavy atom. The molecule has 0 atom stereocenters. The van der Waals surface area contributed by atoms with Gasteiger partial charge in [0.25, 0.3) is 0 Å². The van der Waals surface area contributed by atoms with E-state index in [1.54, 1.807) is 14.1 Å².